The van der Waals surface area contributed by atoms with Crippen molar-refractivity contribution in [3.8, 4) is 5.75 Å². The van der Waals surface area contributed by atoms with Gasteiger partial charge in [-0.25, -0.2) is 0 Å². The van der Waals surface area contributed by atoms with E-state index in [-0.39, 0.29) is 18.6 Å². The highest BCUT2D eigenvalue weighted by Crippen LogP contribution is 2.26. The predicted molar refractivity (Wildman–Crippen MR) is 81.2 cm³/mol. The first-order chi connectivity index (χ1) is 9.56. The van der Waals surface area contributed by atoms with E-state index in [4.69, 9.17) is 16.3 Å². The maximum atomic E-state index is 11.9. The molecule has 2 atom stereocenters. The Morgan fingerprint density at radius 2 is 2.15 bits per heavy atom. The van der Waals surface area contributed by atoms with Crippen molar-refractivity contribution in [3.63, 3.8) is 0 Å². The summed E-state index contributed by atoms with van der Waals surface area (Å²) < 4.78 is 5.51. The number of aryl methyl sites for hydroxylation is 1. The van der Waals surface area contributed by atoms with Gasteiger partial charge in [-0.1, -0.05) is 37.4 Å². The summed E-state index contributed by atoms with van der Waals surface area (Å²) in [4.78, 5) is 11.9. The van der Waals surface area contributed by atoms with Crippen LogP contribution in [0.4, 0.5) is 0 Å². The Morgan fingerprint density at radius 3 is 2.90 bits per heavy atom. The zero-order chi connectivity index (χ0) is 14.5. The van der Waals surface area contributed by atoms with Crippen molar-refractivity contribution in [1.82, 2.24) is 5.32 Å². The Bertz CT molecular complexity index is 476. The van der Waals surface area contributed by atoms with Gasteiger partial charge in [0.15, 0.2) is 6.61 Å². The molecule has 0 spiro atoms. The molecule has 110 valence electrons. The van der Waals surface area contributed by atoms with Gasteiger partial charge in [0, 0.05) is 6.04 Å². The SMILES string of the molecule is Cc1ccc(Cl)c(OCC(=O)N[C@@H]2CCCC[C@H]2C)c1. The van der Waals surface area contributed by atoms with E-state index in [1.54, 1.807) is 6.07 Å². The van der Waals surface area contributed by atoms with Crippen molar-refractivity contribution in [2.45, 2.75) is 45.6 Å². The molecule has 1 aliphatic carbocycles. The van der Waals surface area contributed by atoms with Gasteiger partial charge >= 0.3 is 0 Å². The normalized spacial score (nSPS) is 22.4. The van der Waals surface area contributed by atoms with Gasteiger partial charge in [0.2, 0.25) is 0 Å². The van der Waals surface area contributed by atoms with E-state index in [1.165, 1.54) is 19.3 Å². The predicted octanol–water partition coefficient (Wildman–Crippen LogP) is 3.72. The number of amides is 1. The Hall–Kier alpha value is -1.22. The van der Waals surface area contributed by atoms with Crippen LogP contribution in [-0.2, 0) is 4.79 Å². The zero-order valence-electron chi connectivity index (χ0n) is 12.1. The van der Waals surface area contributed by atoms with Crippen LogP contribution in [-0.4, -0.2) is 18.6 Å². The topological polar surface area (TPSA) is 38.3 Å². The molecular formula is C16H22ClNO2. The summed E-state index contributed by atoms with van der Waals surface area (Å²) in [6, 6.07) is 5.83. The van der Waals surface area contributed by atoms with E-state index in [1.807, 2.05) is 19.1 Å². The monoisotopic (exact) mass is 295 g/mol. The van der Waals surface area contributed by atoms with Crippen LogP contribution in [0.5, 0.6) is 5.75 Å². The Morgan fingerprint density at radius 1 is 1.40 bits per heavy atom. The van der Waals surface area contributed by atoms with Gasteiger partial charge in [-0.3, -0.25) is 4.79 Å². The first-order valence-corrected chi connectivity index (χ1v) is 7.62. The van der Waals surface area contributed by atoms with Crippen LogP contribution >= 0.6 is 11.6 Å². The molecule has 0 saturated heterocycles. The summed E-state index contributed by atoms with van der Waals surface area (Å²) in [5, 5.41) is 3.60. The van der Waals surface area contributed by atoms with Crippen LogP contribution in [0.25, 0.3) is 0 Å². The number of hydrogen-bond donors (Lipinski definition) is 1. The van der Waals surface area contributed by atoms with Gasteiger partial charge in [-0.05, 0) is 43.4 Å². The lowest BCUT2D eigenvalue weighted by Crippen LogP contribution is -2.43. The minimum absolute atomic E-state index is 0.0202. The van der Waals surface area contributed by atoms with Crippen molar-refractivity contribution in [2.75, 3.05) is 6.61 Å². The number of ether oxygens (including phenoxy) is 1. The largest absolute Gasteiger partial charge is 0.482 e. The molecule has 0 aliphatic heterocycles. The van der Waals surface area contributed by atoms with Crippen LogP contribution in [0.15, 0.2) is 18.2 Å². The summed E-state index contributed by atoms with van der Waals surface area (Å²) in [6.07, 6.45) is 4.72. The van der Waals surface area contributed by atoms with Gasteiger partial charge < -0.3 is 10.1 Å². The lowest BCUT2D eigenvalue weighted by molar-refractivity contribution is -0.124. The second-order valence-electron chi connectivity index (χ2n) is 5.66. The fourth-order valence-electron chi connectivity index (χ4n) is 2.64. The quantitative estimate of drug-likeness (QED) is 0.919. The maximum absolute atomic E-state index is 11.9. The third kappa shape index (κ3) is 4.14. The zero-order valence-corrected chi connectivity index (χ0v) is 12.9. The summed E-state index contributed by atoms with van der Waals surface area (Å²) in [6.45, 7) is 4.18. The number of carbonyl (C=O) groups is 1. The maximum Gasteiger partial charge on any atom is 0.258 e. The van der Waals surface area contributed by atoms with Crippen molar-refractivity contribution in [2.24, 2.45) is 5.92 Å². The first-order valence-electron chi connectivity index (χ1n) is 7.24. The molecule has 4 heteroatoms. The molecule has 3 nitrogen and oxygen atoms in total. The van der Waals surface area contributed by atoms with Crippen molar-refractivity contribution in [1.29, 1.82) is 0 Å². The van der Waals surface area contributed by atoms with Crippen molar-refractivity contribution >= 4 is 17.5 Å². The fraction of sp³-hybridized carbons (Fsp3) is 0.562. The van der Waals surface area contributed by atoms with E-state index in [2.05, 4.69) is 12.2 Å². The van der Waals surface area contributed by atoms with Crippen LogP contribution in [0.1, 0.15) is 38.2 Å². The lowest BCUT2D eigenvalue weighted by atomic mass is 9.86. The molecule has 0 unspecified atom stereocenters. The summed E-state index contributed by atoms with van der Waals surface area (Å²) >= 11 is 6.04. The van der Waals surface area contributed by atoms with Crippen LogP contribution in [0.2, 0.25) is 5.02 Å². The molecule has 0 bridgehead atoms. The minimum atomic E-state index is -0.0682. The highest BCUT2D eigenvalue weighted by Gasteiger charge is 2.22. The van der Waals surface area contributed by atoms with Crippen molar-refractivity contribution < 1.29 is 9.53 Å². The van der Waals surface area contributed by atoms with Gasteiger partial charge in [-0.2, -0.15) is 0 Å². The lowest BCUT2D eigenvalue weighted by Gasteiger charge is -2.29. The number of benzene rings is 1. The molecular weight excluding hydrogens is 274 g/mol. The van der Waals surface area contributed by atoms with Crippen LogP contribution < -0.4 is 10.1 Å². The molecule has 0 heterocycles. The molecule has 1 amide bonds. The third-order valence-corrected chi connectivity index (χ3v) is 4.22. The highest BCUT2D eigenvalue weighted by atomic mass is 35.5. The summed E-state index contributed by atoms with van der Waals surface area (Å²) in [5.74, 6) is 1.05. The van der Waals surface area contributed by atoms with E-state index < -0.39 is 0 Å². The van der Waals surface area contributed by atoms with Gasteiger partial charge in [-0.15, -0.1) is 0 Å². The molecule has 2 rings (SSSR count). The summed E-state index contributed by atoms with van der Waals surface area (Å²) in [5.41, 5.74) is 1.06. The second kappa shape index (κ2) is 6.98. The second-order valence-corrected chi connectivity index (χ2v) is 6.07. The van der Waals surface area contributed by atoms with Crippen LogP contribution in [0, 0.1) is 12.8 Å². The molecule has 1 aliphatic rings. The molecule has 1 N–H and O–H groups in total. The Balaban J connectivity index is 1.84. The van der Waals surface area contributed by atoms with Gasteiger partial charge in [0.25, 0.3) is 5.91 Å². The number of hydrogen-bond acceptors (Lipinski definition) is 2. The minimum Gasteiger partial charge on any atom is -0.482 e. The van der Waals surface area contributed by atoms with E-state index in [0.717, 1.165) is 12.0 Å². The van der Waals surface area contributed by atoms with Crippen LogP contribution in [0.3, 0.4) is 0 Å². The average molecular weight is 296 g/mol. The number of carbonyl (C=O) groups excluding carboxylic acids is 1. The standard InChI is InChI=1S/C16H22ClNO2/c1-11-7-8-13(17)15(9-11)20-10-16(19)18-14-6-4-3-5-12(14)2/h7-9,12,14H,3-6,10H2,1-2H3,(H,18,19)/t12-,14-/m1/s1. The summed E-state index contributed by atoms with van der Waals surface area (Å²) in [7, 11) is 0. The molecule has 20 heavy (non-hydrogen) atoms. The smallest absolute Gasteiger partial charge is 0.258 e. The molecule has 1 fully saturated rings. The van der Waals surface area contributed by atoms with Crippen molar-refractivity contribution in [3.05, 3.63) is 28.8 Å². The fourth-order valence-corrected chi connectivity index (χ4v) is 2.82. The van der Waals surface area contributed by atoms with Gasteiger partial charge in [0.05, 0.1) is 5.02 Å². The Labute approximate surface area is 125 Å². The van der Waals surface area contributed by atoms with E-state index in [9.17, 15) is 4.79 Å². The third-order valence-electron chi connectivity index (χ3n) is 3.90. The Kier molecular flexibility index (Phi) is 5.30. The number of halogens is 1. The first kappa shape index (κ1) is 15.2. The molecule has 1 saturated carbocycles. The molecule has 1 aromatic carbocycles. The number of nitrogens with one attached hydrogen (secondary N) is 1. The molecule has 0 aromatic heterocycles. The average Bonchev–Trinajstić information content (AvgIpc) is 2.42. The highest BCUT2D eigenvalue weighted by molar-refractivity contribution is 6.32. The number of rotatable bonds is 4. The van der Waals surface area contributed by atoms with E-state index in [0.29, 0.717) is 16.7 Å². The molecule has 0 radical (unpaired) electrons. The van der Waals surface area contributed by atoms with Gasteiger partial charge in [0.1, 0.15) is 5.75 Å². The van der Waals surface area contributed by atoms with E-state index >= 15 is 0 Å². The molecule has 1 aromatic rings.